The van der Waals surface area contributed by atoms with E-state index >= 15 is 0 Å². The van der Waals surface area contributed by atoms with Crippen LogP contribution in [0.3, 0.4) is 0 Å². The Labute approximate surface area is 118 Å². The van der Waals surface area contributed by atoms with Gasteiger partial charge in [0.15, 0.2) is 0 Å². The first kappa shape index (κ1) is 13.0. The average molecular weight is 273 g/mol. The lowest BCUT2D eigenvalue weighted by molar-refractivity contribution is -0.132. The molecule has 0 aliphatic carbocycles. The third kappa shape index (κ3) is 2.03. The highest BCUT2D eigenvalue weighted by molar-refractivity contribution is 5.89. The van der Waals surface area contributed by atoms with Crippen LogP contribution in [0.1, 0.15) is 18.9 Å². The molecular formula is C15H19N3O2. The van der Waals surface area contributed by atoms with Crippen molar-refractivity contribution in [1.29, 1.82) is 0 Å². The number of amides is 2. The summed E-state index contributed by atoms with van der Waals surface area (Å²) >= 11 is 0. The number of benzene rings is 1. The van der Waals surface area contributed by atoms with Crippen molar-refractivity contribution in [3.8, 4) is 0 Å². The van der Waals surface area contributed by atoms with Crippen LogP contribution in [0.2, 0.25) is 0 Å². The molecule has 3 rings (SSSR count). The fourth-order valence-electron chi connectivity index (χ4n) is 3.02. The molecule has 5 heteroatoms. The molecule has 1 aromatic rings. The molecule has 3 N–H and O–H groups in total. The molecule has 1 saturated heterocycles. The first-order chi connectivity index (χ1) is 9.49. The minimum atomic E-state index is -0.582. The molecule has 20 heavy (non-hydrogen) atoms. The van der Waals surface area contributed by atoms with Crippen molar-refractivity contribution >= 4 is 17.5 Å². The second kappa shape index (κ2) is 4.51. The van der Waals surface area contributed by atoms with Crippen molar-refractivity contribution in [3.63, 3.8) is 0 Å². The Bertz CT molecular complexity index is 547. The lowest BCUT2D eigenvalue weighted by Gasteiger charge is -2.23. The molecule has 2 amide bonds. The number of nitrogens with one attached hydrogen (secondary N) is 1. The van der Waals surface area contributed by atoms with E-state index in [4.69, 9.17) is 5.73 Å². The minimum Gasteiger partial charge on any atom is -0.373 e. The van der Waals surface area contributed by atoms with Crippen molar-refractivity contribution in [3.05, 3.63) is 29.8 Å². The molecule has 0 radical (unpaired) electrons. The summed E-state index contributed by atoms with van der Waals surface area (Å²) in [6, 6.07) is 7.74. The monoisotopic (exact) mass is 273 g/mol. The quantitative estimate of drug-likeness (QED) is 0.835. The highest BCUT2D eigenvalue weighted by atomic mass is 16.2. The third-order valence-corrected chi connectivity index (χ3v) is 4.45. The Morgan fingerprint density at radius 1 is 1.40 bits per heavy atom. The van der Waals surface area contributed by atoms with Gasteiger partial charge in [0.25, 0.3) is 0 Å². The molecule has 1 aromatic carbocycles. The van der Waals surface area contributed by atoms with Gasteiger partial charge in [-0.1, -0.05) is 18.2 Å². The van der Waals surface area contributed by atoms with Gasteiger partial charge in [0.05, 0.1) is 5.41 Å². The molecule has 0 bridgehead atoms. The van der Waals surface area contributed by atoms with Gasteiger partial charge < -0.3 is 16.0 Å². The molecule has 1 unspecified atom stereocenters. The highest BCUT2D eigenvalue weighted by Crippen LogP contribution is 2.32. The molecule has 106 valence electrons. The second-order valence-electron chi connectivity index (χ2n) is 5.99. The summed E-state index contributed by atoms with van der Waals surface area (Å²) in [7, 11) is 0. The standard InChI is InChI=1S/C15H19N3O2/c1-15(14(16)20)6-7-18(9-15)13(19)12-8-10-4-2-3-5-11(10)17-12/h2-5,12,17H,6-9H2,1H3,(H2,16,20)/t12-,15?/m0/s1. The minimum absolute atomic E-state index is 0.0613. The van der Waals surface area contributed by atoms with E-state index in [0.29, 0.717) is 25.9 Å². The Kier molecular flexibility index (Phi) is 2.92. The molecular weight excluding hydrogens is 254 g/mol. The molecule has 0 spiro atoms. The van der Waals surface area contributed by atoms with E-state index in [1.54, 1.807) is 4.90 Å². The fraction of sp³-hybridized carbons (Fsp3) is 0.467. The Hall–Kier alpha value is -2.04. The normalized spacial score (nSPS) is 28.1. The lowest BCUT2D eigenvalue weighted by atomic mass is 9.89. The number of nitrogens with two attached hydrogens (primary N) is 1. The smallest absolute Gasteiger partial charge is 0.245 e. The number of nitrogens with zero attached hydrogens (tertiary/aromatic N) is 1. The summed E-state index contributed by atoms with van der Waals surface area (Å²) < 4.78 is 0. The van der Waals surface area contributed by atoms with Crippen LogP contribution < -0.4 is 11.1 Å². The molecule has 0 aromatic heterocycles. The van der Waals surface area contributed by atoms with Crippen LogP contribution in [0, 0.1) is 5.41 Å². The van der Waals surface area contributed by atoms with Gasteiger partial charge >= 0.3 is 0 Å². The van der Waals surface area contributed by atoms with Crippen molar-refractivity contribution in [2.75, 3.05) is 18.4 Å². The van der Waals surface area contributed by atoms with Crippen LogP contribution in [0.5, 0.6) is 0 Å². The van der Waals surface area contributed by atoms with Crippen LogP contribution in [0.15, 0.2) is 24.3 Å². The Balaban J connectivity index is 1.69. The van der Waals surface area contributed by atoms with Gasteiger partial charge in [0, 0.05) is 25.2 Å². The molecule has 2 atom stereocenters. The van der Waals surface area contributed by atoms with Crippen LogP contribution in [-0.2, 0) is 16.0 Å². The zero-order valence-corrected chi connectivity index (χ0v) is 11.6. The number of hydrogen-bond acceptors (Lipinski definition) is 3. The maximum Gasteiger partial charge on any atom is 0.245 e. The number of fused-ring (bicyclic) bond motifs is 1. The summed E-state index contributed by atoms with van der Waals surface area (Å²) in [5.74, 6) is -0.262. The number of primary amides is 1. The summed E-state index contributed by atoms with van der Waals surface area (Å²) in [4.78, 5) is 25.8. The molecule has 1 fully saturated rings. The maximum atomic E-state index is 12.5. The van der Waals surface area contributed by atoms with Crippen molar-refractivity contribution in [1.82, 2.24) is 4.90 Å². The summed E-state index contributed by atoms with van der Waals surface area (Å²) in [5.41, 5.74) is 7.04. The zero-order chi connectivity index (χ0) is 14.3. The van der Waals surface area contributed by atoms with E-state index in [1.807, 2.05) is 31.2 Å². The molecule has 2 aliphatic rings. The van der Waals surface area contributed by atoms with Gasteiger partial charge in [-0.25, -0.2) is 0 Å². The van der Waals surface area contributed by atoms with Crippen LogP contribution in [0.25, 0.3) is 0 Å². The molecule has 2 aliphatic heterocycles. The second-order valence-corrected chi connectivity index (χ2v) is 5.99. The van der Waals surface area contributed by atoms with Crippen LogP contribution >= 0.6 is 0 Å². The number of carbonyl (C=O) groups is 2. The van der Waals surface area contributed by atoms with E-state index in [2.05, 4.69) is 5.32 Å². The lowest BCUT2D eigenvalue weighted by Crippen LogP contribution is -2.43. The van der Waals surface area contributed by atoms with Crippen LogP contribution in [0.4, 0.5) is 5.69 Å². The van der Waals surface area contributed by atoms with Gasteiger partial charge in [0.1, 0.15) is 6.04 Å². The van der Waals surface area contributed by atoms with Crippen LogP contribution in [-0.4, -0.2) is 35.8 Å². The SMILES string of the molecule is CC1(C(N)=O)CCN(C(=O)[C@@H]2Cc3ccccc3N2)C1. The Morgan fingerprint density at radius 3 is 2.80 bits per heavy atom. The number of carbonyl (C=O) groups excluding carboxylic acids is 2. The summed E-state index contributed by atoms with van der Waals surface area (Å²) in [5, 5.41) is 3.26. The van der Waals surface area contributed by atoms with Gasteiger partial charge in [-0.2, -0.15) is 0 Å². The van der Waals surface area contributed by atoms with Crippen molar-refractivity contribution in [2.24, 2.45) is 11.1 Å². The highest BCUT2D eigenvalue weighted by Gasteiger charge is 2.42. The zero-order valence-electron chi connectivity index (χ0n) is 11.6. The van der Waals surface area contributed by atoms with Gasteiger partial charge in [-0.05, 0) is 25.0 Å². The summed E-state index contributed by atoms with van der Waals surface area (Å²) in [6.07, 6.45) is 1.35. The fourth-order valence-corrected chi connectivity index (χ4v) is 3.02. The average Bonchev–Trinajstić information content (AvgIpc) is 3.02. The first-order valence-electron chi connectivity index (χ1n) is 6.93. The van der Waals surface area contributed by atoms with E-state index in [1.165, 1.54) is 5.56 Å². The number of likely N-dealkylation sites (tertiary alicyclic amines) is 1. The van der Waals surface area contributed by atoms with Crippen molar-refractivity contribution < 1.29 is 9.59 Å². The number of rotatable bonds is 2. The number of para-hydroxylation sites is 1. The summed E-state index contributed by atoms with van der Waals surface area (Å²) in [6.45, 7) is 2.86. The predicted molar refractivity (Wildman–Crippen MR) is 76.1 cm³/mol. The topological polar surface area (TPSA) is 75.4 Å². The van der Waals surface area contributed by atoms with E-state index in [0.717, 1.165) is 5.69 Å². The van der Waals surface area contributed by atoms with Crippen molar-refractivity contribution in [2.45, 2.75) is 25.8 Å². The molecule has 0 saturated carbocycles. The Morgan fingerprint density at radius 2 is 2.15 bits per heavy atom. The number of anilines is 1. The van der Waals surface area contributed by atoms with E-state index < -0.39 is 5.41 Å². The van der Waals surface area contributed by atoms with E-state index in [9.17, 15) is 9.59 Å². The van der Waals surface area contributed by atoms with Gasteiger partial charge in [-0.3, -0.25) is 9.59 Å². The third-order valence-electron chi connectivity index (χ3n) is 4.45. The van der Waals surface area contributed by atoms with Gasteiger partial charge in [-0.15, -0.1) is 0 Å². The predicted octanol–water partition coefficient (Wildman–Crippen LogP) is 0.747. The number of hydrogen-bond donors (Lipinski definition) is 2. The van der Waals surface area contributed by atoms with Gasteiger partial charge in [0.2, 0.25) is 11.8 Å². The molecule has 5 nitrogen and oxygen atoms in total. The first-order valence-corrected chi connectivity index (χ1v) is 6.93. The molecule has 2 heterocycles. The largest absolute Gasteiger partial charge is 0.373 e. The maximum absolute atomic E-state index is 12.5. The van der Waals surface area contributed by atoms with E-state index in [-0.39, 0.29) is 17.9 Å².